The van der Waals surface area contributed by atoms with Crippen molar-refractivity contribution in [1.29, 1.82) is 0 Å². The van der Waals surface area contributed by atoms with Crippen LogP contribution in [0.5, 0.6) is 0 Å². The number of hydrogen-bond acceptors (Lipinski definition) is 0. The Labute approximate surface area is 360 Å². The van der Waals surface area contributed by atoms with E-state index in [0.29, 0.717) is 5.92 Å². The van der Waals surface area contributed by atoms with Crippen LogP contribution in [0.2, 0.25) is 13.1 Å². The molecule has 9 aromatic carbocycles. The number of halogens is 2. The third-order valence-electron chi connectivity index (χ3n) is 10.1. The summed E-state index contributed by atoms with van der Waals surface area (Å²) < 4.78 is 0. The van der Waals surface area contributed by atoms with E-state index < -0.39 is 0 Å². The molecule has 0 spiro atoms. The van der Waals surface area contributed by atoms with E-state index in [2.05, 4.69) is 205 Å². The largest absolute Gasteiger partial charge is 1.00 e. The van der Waals surface area contributed by atoms with E-state index in [0.717, 1.165) is 0 Å². The molecule has 0 amide bonds. The summed E-state index contributed by atoms with van der Waals surface area (Å²) in [5, 5.41) is 10.5. The van der Waals surface area contributed by atoms with Gasteiger partial charge in [0.15, 0.2) is 0 Å². The normalized spacial score (nSPS) is 10.8. The molecular weight excluding hydrogens is 815 g/mol. The Morgan fingerprint density at radius 3 is 1.55 bits per heavy atom. The van der Waals surface area contributed by atoms with Crippen molar-refractivity contribution in [3.05, 3.63) is 180 Å². The molecule has 9 rings (SSSR count). The molecule has 0 fully saturated rings. The summed E-state index contributed by atoms with van der Waals surface area (Å²) in [5.41, 5.74) is 13.4. The van der Waals surface area contributed by atoms with Gasteiger partial charge in [-0.05, 0) is 58.0 Å². The summed E-state index contributed by atoms with van der Waals surface area (Å²) in [6.45, 7) is 15.6. The monoisotopic (exact) mass is 860 g/mol. The van der Waals surface area contributed by atoms with Crippen LogP contribution in [0.25, 0.3) is 76.5 Å². The molecule has 0 nitrogen and oxygen atoms in total. The predicted octanol–water partition coefficient (Wildman–Crippen LogP) is 9.27. The van der Waals surface area contributed by atoms with Crippen LogP contribution in [0.15, 0.2) is 158 Å². The third-order valence-corrected chi connectivity index (χ3v) is 10.1. The molecule has 0 heterocycles. The van der Waals surface area contributed by atoms with Crippen LogP contribution < -0.4 is 24.8 Å². The minimum Gasteiger partial charge on any atom is -1.00 e. The van der Waals surface area contributed by atoms with E-state index in [-0.39, 0.29) is 30.2 Å². The zero-order chi connectivity index (χ0) is 37.9. The minimum atomic E-state index is 0. The third kappa shape index (κ3) is 9.55. The molecule has 0 aliphatic rings. The summed E-state index contributed by atoms with van der Waals surface area (Å²) in [6, 6.07) is 58.0. The second-order valence-corrected chi connectivity index (χ2v) is 24.6. The fraction of sp³-hybridized carbons (Fsp3) is 0.154. The zero-order valence-corrected chi connectivity index (χ0v) is 38.3. The maximum atomic E-state index is 2.38. The molecule has 0 aromatic heterocycles. The summed E-state index contributed by atoms with van der Waals surface area (Å²) in [7, 11) is 0. The van der Waals surface area contributed by atoms with E-state index in [4.69, 9.17) is 0 Å². The average Bonchev–Trinajstić information content (AvgIpc) is 3.77. The first-order valence-corrected chi connectivity index (χ1v) is 25.2. The van der Waals surface area contributed by atoms with E-state index in [1.165, 1.54) is 98.7 Å². The van der Waals surface area contributed by atoms with Gasteiger partial charge in [-0.15, -0.1) is 63.0 Å². The maximum absolute atomic E-state index is 2.38. The number of benzene rings is 7. The Balaban J connectivity index is 0.000000201. The standard InChI is InChI=1S/C30H21.C20H21.C2H6Si.2ClH.Zr/c1-20-16-23-18-24(27-14-6-10-21-8-2-4-12-25(21)27)19-30(29(23)17-20)28-15-7-11-22-9-3-5-13-26(22)28;1-13(2)17-11-16-6-5-7-19(20(16)12-17)18-9-14(3)8-15(4)10-18;1-3-2;;;/h2-19H,1H3;5-13H,1-4H3;1-2H3;2*1H;/q2*-1;;;;+2/p-2. The van der Waals surface area contributed by atoms with Gasteiger partial charge in [0.1, 0.15) is 0 Å². The molecule has 56 heavy (non-hydrogen) atoms. The van der Waals surface area contributed by atoms with E-state index in [9.17, 15) is 0 Å². The van der Waals surface area contributed by atoms with Gasteiger partial charge in [0, 0.05) is 0 Å². The maximum Gasteiger partial charge on any atom is -0.0114 e. The number of fused-ring (bicyclic) bond motifs is 4. The van der Waals surface area contributed by atoms with Gasteiger partial charge in [-0.3, -0.25) is 0 Å². The molecule has 9 aromatic rings. The van der Waals surface area contributed by atoms with Crippen molar-refractivity contribution in [2.24, 2.45) is 0 Å². The van der Waals surface area contributed by atoms with Gasteiger partial charge < -0.3 is 24.8 Å². The molecule has 0 saturated heterocycles. The van der Waals surface area contributed by atoms with Gasteiger partial charge in [0.2, 0.25) is 0 Å². The molecule has 0 radical (unpaired) electrons. The van der Waals surface area contributed by atoms with Crippen molar-refractivity contribution in [2.45, 2.75) is 53.6 Å². The van der Waals surface area contributed by atoms with Crippen molar-refractivity contribution in [1.82, 2.24) is 0 Å². The molecule has 0 unspecified atom stereocenters. The zero-order valence-electron chi connectivity index (χ0n) is 33.3. The quantitative estimate of drug-likeness (QED) is 0.122. The molecular formula is C52H48Cl2SiZr-2. The van der Waals surface area contributed by atoms with Crippen molar-refractivity contribution in [3.8, 4) is 33.4 Å². The van der Waals surface area contributed by atoms with Crippen LogP contribution in [0.3, 0.4) is 0 Å². The first-order valence-electron chi connectivity index (χ1n) is 19.0. The van der Waals surface area contributed by atoms with Gasteiger partial charge >= 0.3 is 41.9 Å². The second-order valence-electron chi connectivity index (χ2n) is 15.2. The molecule has 0 atom stereocenters. The summed E-state index contributed by atoms with van der Waals surface area (Å²) >= 11 is 1.74. The fourth-order valence-electron chi connectivity index (χ4n) is 7.76. The molecule has 0 aliphatic heterocycles. The first-order chi connectivity index (χ1) is 26.0. The van der Waals surface area contributed by atoms with Gasteiger partial charge in [-0.2, -0.15) is 12.1 Å². The van der Waals surface area contributed by atoms with E-state index in [1.807, 2.05) is 0 Å². The fourth-order valence-corrected chi connectivity index (χ4v) is 7.76. The number of hydrogen-bond donors (Lipinski definition) is 0. The molecule has 0 aliphatic carbocycles. The van der Waals surface area contributed by atoms with Gasteiger partial charge in [-0.25, -0.2) is 0 Å². The Morgan fingerprint density at radius 2 is 0.946 bits per heavy atom. The summed E-state index contributed by atoms with van der Waals surface area (Å²) in [5.74, 6) is 0.578. The van der Waals surface area contributed by atoms with Crippen LogP contribution in [0.4, 0.5) is 0 Å². The van der Waals surface area contributed by atoms with Crippen LogP contribution in [0, 0.1) is 20.8 Å². The van der Waals surface area contributed by atoms with Crippen molar-refractivity contribution < 1.29 is 48.1 Å². The molecule has 4 heteroatoms. The van der Waals surface area contributed by atoms with Gasteiger partial charge in [-0.1, -0.05) is 164 Å². The molecule has 280 valence electrons. The SMILES string of the molecule is C[Si](C)=[Zr+2].Cc1cc(C)cc(-c2cccc3[cH-]c(C(C)C)cc23)c1.Cc1cc2c(-c3cccc4ccccc34)cc(-c3cccc4ccccc34)cc2[cH-]1.[Cl-].[Cl-]. The van der Waals surface area contributed by atoms with Crippen molar-refractivity contribution in [3.63, 3.8) is 0 Å². The van der Waals surface area contributed by atoms with Gasteiger partial charge in [0.05, 0.1) is 0 Å². The molecule has 0 bridgehead atoms. The Kier molecular flexibility index (Phi) is 14.6. The Hall–Kier alpha value is -4.04. The first kappa shape index (κ1) is 43.1. The van der Waals surface area contributed by atoms with Crippen LogP contribution in [-0.4, -0.2) is 5.43 Å². The van der Waals surface area contributed by atoms with E-state index >= 15 is 0 Å². The summed E-state index contributed by atoms with van der Waals surface area (Å²) in [6.07, 6.45) is 0. The minimum absolute atomic E-state index is 0. The smallest absolute Gasteiger partial charge is 0.0114 e. The molecule has 0 N–H and O–H groups in total. The van der Waals surface area contributed by atoms with Crippen molar-refractivity contribution in [2.75, 3.05) is 0 Å². The van der Waals surface area contributed by atoms with Crippen LogP contribution >= 0.6 is 0 Å². The average molecular weight is 863 g/mol. The van der Waals surface area contributed by atoms with Crippen LogP contribution in [0.1, 0.15) is 42.0 Å². The second kappa shape index (κ2) is 18.9. The predicted molar refractivity (Wildman–Crippen MR) is 236 cm³/mol. The Bertz CT molecular complexity index is 2750. The van der Waals surface area contributed by atoms with Crippen molar-refractivity contribution >= 4 is 48.5 Å². The molecule has 0 saturated carbocycles. The Morgan fingerprint density at radius 1 is 0.464 bits per heavy atom. The number of aryl methyl sites for hydroxylation is 3. The van der Waals surface area contributed by atoms with Crippen LogP contribution in [-0.2, 0) is 23.3 Å². The topological polar surface area (TPSA) is 0 Å². The number of rotatable bonds is 4. The van der Waals surface area contributed by atoms with Gasteiger partial charge in [0.25, 0.3) is 0 Å². The van der Waals surface area contributed by atoms with E-state index in [1.54, 1.807) is 23.3 Å². The summed E-state index contributed by atoms with van der Waals surface area (Å²) in [4.78, 5) is 0.